The molecule has 0 bridgehead atoms. The van der Waals surface area contributed by atoms with Crippen LogP contribution < -0.4 is 5.73 Å². The smallest absolute Gasteiger partial charge is 0.0738 e. The number of aromatic nitrogens is 2. The molecule has 0 aliphatic heterocycles. The quantitative estimate of drug-likeness (QED) is 0.698. The molecule has 0 saturated heterocycles. The average Bonchev–Trinajstić information content (AvgIpc) is 2.51. The van der Waals surface area contributed by atoms with Gasteiger partial charge in [0.1, 0.15) is 0 Å². The molecule has 1 aromatic heterocycles. The number of rotatable bonds is 3. The third kappa shape index (κ3) is 2.84. The molecule has 0 aliphatic carbocycles. The van der Waals surface area contributed by atoms with Crippen LogP contribution in [-0.4, -0.2) is 9.78 Å². The lowest BCUT2D eigenvalue weighted by Crippen LogP contribution is -1.96. The molecule has 1 heterocycles. The number of halogens is 1. The number of hydrogen-bond acceptors (Lipinski definition) is 3. The van der Waals surface area contributed by atoms with Crippen LogP contribution in [0.15, 0.2) is 33.6 Å². The highest BCUT2D eigenvalue weighted by Gasteiger charge is 2.10. The molecule has 2 aromatic rings. The summed E-state index contributed by atoms with van der Waals surface area (Å²) in [6.45, 7) is 2.00. The molecule has 2 rings (SSSR count). The van der Waals surface area contributed by atoms with E-state index in [1.54, 1.807) is 11.8 Å². The summed E-state index contributed by atoms with van der Waals surface area (Å²) >= 11 is 5.33. The third-order valence-electron chi connectivity index (χ3n) is 2.50. The Labute approximate surface area is 114 Å². The van der Waals surface area contributed by atoms with Crippen molar-refractivity contribution in [1.29, 1.82) is 0 Å². The van der Waals surface area contributed by atoms with Gasteiger partial charge in [-0.05, 0) is 41.1 Å². The van der Waals surface area contributed by atoms with Crippen molar-refractivity contribution < 1.29 is 0 Å². The minimum atomic E-state index is 0.801. The largest absolute Gasteiger partial charge is 0.399 e. The van der Waals surface area contributed by atoms with E-state index in [-0.39, 0.29) is 0 Å². The first-order valence-electron chi connectivity index (χ1n) is 5.24. The number of aryl methyl sites for hydroxylation is 2. The molecular formula is C12H14BrN3S. The van der Waals surface area contributed by atoms with Gasteiger partial charge in [0.05, 0.1) is 15.9 Å². The van der Waals surface area contributed by atoms with E-state index in [9.17, 15) is 0 Å². The van der Waals surface area contributed by atoms with Crippen molar-refractivity contribution in [1.82, 2.24) is 9.78 Å². The fourth-order valence-electron chi connectivity index (χ4n) is 1.59. The first-order valence-corrected chi connectivity index (χ1v) is 7.02. The van der Waals surface area contributed by atoms with Crippen LogP contribution in [0.3, 0.4) is 0 Å². The summed E-state index contributed by atoms with van der Waals surface area (Å²) in [4.78, 5) is 1.18. The minimum absolute atomic E-state index is 0.801. The zero-order valence-electron chi connectivity index (χ0n) is 9.77. The van der Waals surface area contributed by atoms with Crippen molar-refractivity contribution in [3.8, 4) is 0 Å². The van der Waals surface area contributed by atoms with Gasteiger partial charge < -0.3 is 5.73 Å². The van der Waals surface area contributed by atoms with Gasteiger partial charge in [0.25, 0.3) is 0 Å². The standard InChI is InChI=1S/C12H14BrN3S/c1-8-12(13)11(16(2)15-8)7-17-10-5-3-4-9(14)6-10/h3-6H,7,14H2,1-2H3. The Bertz CT molecular complexity index is 537. The summed E-state index contributed by atoms with van der Waals surface area (Å²) in [5.41, 5.74) is 8.77. The molecule has 3 nitrogen and oxygen atoms in total. The van der Waals surface area contributed by atoms with Gasteiger partial charge in [-0.25, -0.2) is 0 Å². The van der Waals surface area contributed by atoms with Crippen LogP contribution in [0, 0.1) is 6.92 Å². The molecule has 0 spiro atoms. The maximum atomic E-state index is 5.75. The Kier molecular flexibility index (Phi) is 3.79. The second kappa shape index (κ2) is 5.14. The van der Waals surface area contributed by atoms with Crippen molar-refractivity contribution >= 4 is 33.4 Å². The summed E-state index contributed by atoms with van der Waals surface area (Å²) in [5, 5.41) is 4.37. The zero-order valence-corrected chi connectivity index (χ0v) is 12.2. The van der Waals surface area contributed by atoms with E-state index in [1.165, 1.54) is 10.6 Å². The molecule has 90 valence electrons. The number of nitrogen functional groups attached to an aromatic ring is 1. The first-order chi connectivity index (χ1) is 8.08. The third-order valence-corrected chi connectivity index (χ3v) is 4.53. The summed E-state index contributed by atoms with van der Waals surface area (Å²) in [6.07, 6.45) is 0. The van der Waals surface area contributed by atoms with E-state index < -0.39 is 0 Å². The predicted molar refractivity (Wildman–Crippen MR) is 76.1 cm³/mol. The Morgan fingerprint density at radius 2 is 2.24 bits per heavy atom. The van der Waals surface area contributed by atoms with E-state index in [0.29, 0.717) is 0 Å². The van der Waals surface area contributed by atoms with Gasteiger partial charge in [0, 0.05) is 23.4 Å². The van der Waals surface area contributed by atoms with Crippen molar-refractivity contribution in [2.75, 3.05) is 5.73 Å². The van der Waals surface area contributed by atoms with Crippen LogP contribution in [0.25, 0.3) is 0 Å². The number of hydrogen-bond donors (Lipinski definition) is 1. The lowest BCUT2D eigenvalue weighted by molar-refractivity contribution is 0.727. The normalized spacial score (nSPS) is 10.8. The van der Waals surface area contributed by atoms with Gasteiger partial charge in [-0.15, -0.1) is 11.8 Å². The van der Waals surface area contributed by atoms with Crippen molar-refractivity contribution in [3.63, 3.8) is 0 Å². The Hall–Kier alpha value is -0.940. The van der Waals surface area contributed by atoms with E-state index >= 15 is 0 Å². The first kappa shape index (κ1) is 12.5. The molecule has 5 heteroatoms. The predicted octanol–water partition coefficient (Wildman–Crippen LogP) is 3.37. The van der Waals surface area contributed by atoms with Crippen LogP contribution >= 0.6 is 27.7 Å². The van der Waals surface area contributed by atoms with Gasteiger partial charge >= 0.3 is 0 Å². The lowest BCUT2D eigenvalue weighted by Gasteiger charge is -2.04. The van der Waals surface area contributed by atoms with E-state index in [2.05, 4.69) is 27.1 Å². The van der Waals surface area contributed by atoms with E-state index in [1.807, 2.05) is 36.9 Å². The Morgan fingerprint density at radius 3 is 2.82 bits per heavy atom. The summed E-state index contributed by atoms with van der Waals surface area (Å²) < 4.78 is 3.01. The lowest BCUT2D eigenvalue weighted by atomic mass is 10.3. The molecular weight excluding hydrogens is 298 g/mol. The van der Waals surface area contributed by atoms with Crippen molar-refractivity contribution in [2.45, 2.75) is 17.6 Å². The molecule has 0 unspecified atom stereocenters. The maximum Gasteiger partial charge on any atom is 0.0738 e. The zero-order chi connectivity index (χ0) is 12.4. The SMILES string of the molecule is Cc1nn(C)c(CSc2cccc(N)c2)c1Br. The molecule has 0 atom stereocenters. The highest BCUT2D eigenvalue weighted by atomic mass is 79.9. The Morgan fingerprint density at radius 1 is 1.47 bits per heavy atom. The summed E-state index contributed by atoms with van der Waals surface area (Å²) in [5.74, 6) is 0.876. The van der Waals surface area contributed by atoms with Crippen LogP contribution in [-0.2, 0) is 12.8 Å². The van der Waals surface area contributed by atoms with Gasteiger partial charge in [0.2, 0.25) is 0 Å². The highest BCUT2D eigenvalue weighted by molar-refractivity contribution is 9.10. The van der Waals surface area contributed by atoms with E-state index in [0.717, 1.165) is 21.6 Å². The monoisotopic (exact) mass is 311 g/mol. The van der Waals surface area contributed by atoms with Crippen LogP contribution in [0.1, 0.15) is 11.4 Å². The van der Waals surface area contributed by atoms with Gasteiger partial charge in [-0.2, -0.15) is 5.10 Å². The number of benzene rings is 1. The molecule has 0 saturated carbocycles. The molecule has 0 fully saturated rings. The van der Waals surface area contributed by atoms with Crippen LogP contribution in [0.5, 0.6) is 0 Å². The maximum absolute atomic E-state index is 5.75. The molecule has 1 aromatic carbocycles. The minimum Gasteiger partial charge on any atom is -0.399 e. The topological polar surface area (TPSA) is 43.8 Å². The number of thioether (sulfide) groups is 1. The fourth-order valence-corrected chi connectivity index (χ4v) is 3.28. The highest BCUT2D eigenvalue weighted by Crippen LogP contribution is 2.29. The number of nitrogens with zero attached hydrogens (tertiary/aromatic N) is 2. The van der Waals surface area contributed by atoms with E-state index in [4.69, 9.17) is 5.73 Å². The molecule has 0 amide bonds. The summed E-state index contributed by atoms with van der Waals surface area (Å²) in [7, 11) is 1.97. The number of nitrogens with two attached hydrogens (primary N) is 1. The van der Waals surface area contributed by atoms with Crippen molar-refractivity contribution in [3.05, 3.63) is 40.1 Å². The van der Waals surface area contributed by atoms with Crippen LogP contribution in [0.2, 0.25) is 0 Å². The Balaban J connectivity index is 2.12. The van der Waals surface area contributed by atoms with Gasteiger partial charge in [-0.1, -0.05) is 6.07 Å². The second-order valence-electron chi connectivity index (χ2n) is 3.83. The number of anilines is 1. The van der Waals surface area contributed by atoms with Crippen molar-refractivity contribution in [2.24, 2.45) is 7.05 Å². The van der Waals surface area contributed by atoms with Gasteiger partial charge in [-0.3, -0.25) is 4.68 Å². The van der Waals surface area contributed by atoms with Gasteiger partial charge in [0.15, 0.2) is 0 Å². The molecule has 0 radical (unpaired) electrons. The van der Waals surface area contributed by atoms with Crippen LogP contribution in [0.4, 0.5) is 5.69 Å². The fraction of sp³-hybridized carbons (Fsp3) is 0.250. The molecule has 2 N–H and O–H groups in total. The second-order valence-corrected chi connectivity index (χ2v) is 5.67. The molecule has 17 heavy (non-hydrogen) atoms. The molecule has 0 aliphatic rings. The summed E-state index contributed by atoms with van der Waals surface area (Å²) in [6, 6.07) is 7.93. The average molecular weight is 312 g/mol.